The van der Waals surface area contributed by atoms with Gasteiger partial charge in [0.2, 0.25) is 0 Å². The van der Waals surface area contributed by atoms with Crippen LogP contribution in [0.3, 0.4) is 0 Å². The van der Waals surface area contributed by atoms with Crippen molar-refractivity contribution in [2.75, 3.05) is 26.8 Å². The Balaban J connectivity index is 0.00000450. The Hall–Kier alpha value is -1.91. The van der Waals surface area contributed by atoms with Crippen LogP contribution in [-0.4, -0.2) is 50.0 Å². The number of hydrogen-bond acceptors (Lipinski definition) is 5. The lowest BCUT2D eigenvalue weighted by Crippen LogP contribution is -2.54. The van der Waals surface area contributed by atoms with Crippen molar-refractivity contribution in [1.82, 2.24) is 16.0 Å². The molecule has 0 bridgehead atoms. The van der Waals surface area contributed by atoms with Gasteiger partial charge in [0.1, 0.15) is 5.60 Å². The van der Waals surface area contributed by atoms with Crippen molar-refractivity contribution >= 4 is 36.0 Å². The van der Waals surface area contributed by atoms with Crippen LogP contribution in [0.2, 0.25) is 0 Å². The van der Waals surface area contributed by atoms with Gasteiger partial charge >= 0.3 is 6.09 Å². The quantitative estimate of drug-likeness (QED) is 0.305. The first kappa shape index (κ1) is 26.1. The molecule has 3 N–H and O–H groups in total. The first-order chi connectivity index (χ1) is 13.6. The van der Waals surface area contributed by atoms with Gasteiger partial charge in [-0.1, -0.05) is 6.07 Å². The number of nitrogens with zero attached hydrogens (tertiary/aromatic N) is 1. The number of alkyl carbamates (subject to hydrolysis) is 1. The largest absolute Gasteiger partial charge is 0.490 e. The van der Waals surface area contributed by atoms with Crippen molar-refractivity contribution in [3.05, 3.63) is 23.8 Å². The second-order valence-corrected chi connectivity index (χ2v) is 8.62. The highest BCUT2D eigenvalue weighted by Crippen LogP contribution is 2.30. The zero-order valence-corrected chi connectivity index (χ0v) is 21.1. The molecule has 0 atom stereocenters. The van der Waals surface area contributed by atoms with Crippen LogP contribution in [0.25, 0.3) is 0 Å². The molecule has 1 aromatic carbocycles. The van der Waals surface area contributed by atoms with Crippen molar-refractivity contribution in [2.45, 2.75) is 58.7 Å². The molecule has 0 aliphatic carbocycles. The van der Waals surface area contributed by atoms with Gasteiger partial charge in [-0.25, -0.2) is 4.79 Å². The molecule has 0 saturated carbocycles. The van der Waals surface area contributed by atoms with Crippen LogP contribution < -0.4 is 25.4 Å². The first-order valence-corrected chi connectivity index (χ1v) is 9.92. The van der Waals surface area contributed by atoms with E-state index in [1.807, 2.05) is 52.8 Å². The number of halogens is 1. The molecule has 170 valence electrons. The average molecular weight is 534 g/mol. The maximum absolute atomic E-state index is 12.0. The number of guanidine groups is 1. The Morgan fingerprint density at radius 1 is 1.10 bits per heavy atom. The zero-order chi connectivity index (χ0) is 21.5. The van der Waals surface area contributed by atoms with E-state index in [0.29, 0.717) is 32.3 Å². The van der Waals surface area contributed by atoms with Gasteiger partial charge in [-0.2, -0.15) is 0 Å². The fourth-order valence-corrected chi connectivity index (χ4v) is 2.65. The summed E-state index contributed by atoms with van der Waals surface area (Å²) in [7, 11) is 1.71. The first-order valence-electron chi connectivity index (χ1n) is 9.92. The fraction of sp³-hybridized carbons (Fsp3) is 0.619. The van der Waals surface area contributed by atoms with Gasteiger partial charge < -0.3 is 30.2 Å². The van der Waals surface area contributed by atoms with Crippen molar-refractivity contribution in [3.63, 3.8) is 0 Å². The summed E-state index contributed by atoms with van der Waals surface area (Å²) < 4.78 is 16.7. The van der Waals surface area contributed by atoms with Crippen LogP contribution in [0.1, 0.15) is 46.6 Å². The van der Waals surface area contributed by atoms with E-state index in [2.05, 4.69) is 20.9 Å². The standard InChI is InChI=1S/C21H34N4O4.HI/c1-20(2,3)29-19(26)25-21(4,5)14-24-18(22-6)23-13-15-8-9-16-17(12-15)28-11-7-10-27-16;/h8-9,12H,7,10-11,13-14H2,1-6H3,(H,25,26)(H2,22,23,24);1H. The summed E-state index contributed by atoms with van der Waals surface area (Å²) in [5.41, 5.74) is 0.00610. The SMILES string of the molecule is CN=C(NCc1ccc2c(c1)OCCCO2)NCC(C)(C)NC(=O)OC(C)(C)C.I. The molecule has 1 aliphatic heterocycles. The highest BCUT2D eigenvalue weighted by molar-refractivity contribution is 14.0. The topological polar surface area (TPSA) is 93.2 Å². The lowest BCUT2D eigenvalue weighted by molar-refractivity contribution is 0.0474. The number of rotatable bonds is 5. The van der Waals surface area contributed by atoms with Gasteiger partial charge in [-0.3, -0.25) is 4.99 Å². The van der Waals surface area contributed by atoms with E-state index in [1.54, 1.807) is 7.05 Å². The van der Waals surface area contributed by atoms with E-state index >= 15 is 0 Å². The minimum Gasteiger partial charge on any atom is -0.490 e. The molecule has 30 heavy (non-hydrogen) atoms. The van der Waals surface area contributed by atoms with Crippen LogP contribution in [0.15, 0.2) is 23.2 Å². The number of benzene rings is 1. The van der Waals surface area contributed by atoms with Crippen LogP contribution in [0.4, 0.5) is 4.79 Å². The lowest BCUT2D eigenvalue weighted by Gasteiger charge is -2.29. The van der Waals surface area contributed by atoms with Gasteiger partial charge in [0, 0.05) is 26.6 Å². The highest BCUT2D eigenvalue weighted by Gasteiger charge is 2.24. The molecule has 1 aliphatic rings. The lowest BCUT2D eigenvalue weighted by atomic mass is 10.1. The van der Waals surface area contributed by atoms with Crippen molar-refractivity contribution in [3.8, 4) is 11.5 Å². The minimum absolute atomic E-state index is 0. The van der Waals surface area contributed by atoms with E-state index in [-0.39, 0.29) is 24.0 Å². The van der Waals surface area contributed by atoms with Gasteiger partial charge in [-0.15, -0.1) is 24.0 Å². The molecule has 0 spiro atoms. The smallest absolute Gasteiger partial charge is 0.408 e. The molecule has 1 heterocycles. The molecule has 0 radical (unpaired) electrons. The Kier molecular flexibility index (Phi) is 9.99. The number of nitrogens with one attached hydrogen (secondary N) is 3. The molecule has 8 nitrogen and oxygen atoms in total. The summed E-state index contributed by atoms with van der Waals surface area (Å²) in [5.74, 6) is 2.19. The molecule has 0 saturated heterocycles. The Labute approximate surface area is 196 Å². The third-order valence-electron chi connectivity index (χ3n) is 4.03. The van der Waals surface area contributed by atoms with Gasteiger partial charge in [0.25, 0.3) is 0 Å². The summed E-state index contributed by atoms with van der Waals surface area (Å²) in [6.07, 6.45) is 0.436. The monoisotopic (exact) mass is 534 g/mol. The maximum atomic E-state index is 12.0. The second kappa shape index (κ2) is 11.5. The highest BCUT2D eigenvalue weighted by atomic mass is 127. The van der Waals surface area contributed by atoms with E-state index in [1.165, 1.54) is 0 Å². The number of amides is 1. The Bertz CT molecular complexity index is 732. The molecule has 1 amide bonds. The van der Waals surface area contributed by atoms with Crippen molar-refractivity contribution in [2.24, 2.45) is 4.99 Å². The minimum atomic E-state index is -0.534. The zero-order valence-electron chi connectivity index (χ0n) is 18.8. The van der Waals surface area contributed by atoms with Crippen LogP contribution >= 0.6 is 24.0 Å². The molecule has 0 fully saturated rings. The predicted molar refractivity (Wildman–Crippen MR) is 129 cm³/mol. The number of carbonyl (C=O) groups excluding carboxylic acids is 1. The molecule has 0 aromatic heterocycles. The fourth-order valence-electron chi connectivity index (χ4n) is 2.65. The molecular formula is C21H35IN4O4. The molecular weight excluding hydrogens is 499 g/mol. The van der Waals surface area contributed by atoms with Crippen LogP contribution in [-0.2, 0) is 11.3 Å². The second-order valence-electron chi connectivity index (χ2n) is 8.62. The summed E-state index contributed by atoms with van der Waals surface area (Å²) in [6, 6.07) is 5.92. The van der Waals surface area contributed by atoms with Crippen molar-refractivity contribution in [1.29, 1.82) is 0 Å². The molecule has 9 heteroatoms. The van der Waals surface area contributed by atoms with E-state index < -0.39 is 17.2 Å². The molecule has 2 rings (SSSR count). The van der Waals surface area contributed by atoms with Gasteiger partial charge in [0.05, 0.1) is 18.8 Å². The van der Waals surface area contributed by atoms with E-state index in [4.69, 9.17) is 14.2 Å². The number of fused-ring (bicyclic) bond motifs is 1. The van der Waals surface area contributed by atoms with Crippen LogP contribution in [0.5, 0.6) is 11.5 Å². The average Bonchev–Trinajstić information content (AvgIpc) is 2.84. The number of carbonyl (C=O) groups is 1. The summed E-state index contributed by atoms with van der Waals surface area (Å²) >= 11 is 0. The van der Waals surface area contributed by atoms with E-state index in [0.717, 1.165) is 23.5 Å². The molecule has 0 unspecified atom stereocenters. The summed E-state index contributed by atoms with van der Waals surface area (Å²) in [5, 5.41) is 9.37. The Morgan fingerprint density at radius 2 is 1.77 bits per heavy atom. The summed E-state index contributed by atoms with van der Waals surface area (Å²) in [4.78, 5) is 16.3. The predicted octanol–water partition coefficient (Wildman–Crippen LogP) is 3.43. The third kappa shape index (κ3) is 9.27. The number of hydrogen-bond donors (Lipinski definition) is 3. The maximum Gasteiger partial charge on any atom is 0.408 e. The summed E-state index contributed by atoms with van der Waals surface area (Å²) in [6.45, 7) is 11.7. The normalized spacial score (nSPS) is 14.1. The number of ether oxygens (including phenoxy) is 3. The van der Waals surface area contributed by atoms with E-state index in [9.17, 15) is 4.79 Å². The van der Waals surface area contributed by atoms with Gasteiger partial charge in [0.15, 0.2) is 17.5 Å². The Morgan fingerprint density at radius 3 is 2.40 bits per heavy atom. The van der Waals surface area contributed by atoms with Gasteiger partial charge in [-0.05, 0) is 52.3 Å². The van der Waals surface area contributed by atoms with Crippen molar-refractivity contribution < 1.29 is 19.0 Å². The third-order valence-corrected chi connectivity index (χ3v) is 4.03. The molecule has 1 aromatic rings. The number of aliphatic imine (C=N–C) groups is 1. The van der Waals surface area contributed by atoms with Crippen LogP contribution in [0, 0.1) is 0 Å².